The molecule has 64 heavy (non-hydrogen) atoms. The lowest BCUT2D eigenvalue weighted by molar-refractivity contribution is -0.136. The number of rotatable bonds is 11. The van der Waals surface area contributed by atoms with E-state index in [1.807, 2.05) is 64.1 Å². The standard InChI is InChI=1S/C46H60N8O10/c1-27(2)37(51-45(57)59-5)43(55)53-17-7-9-35(53)41-47-25-33(49-41)30-13-11-29(12-14-30)31-15-16-32(40-39(31)63-23-21-61-19-20-62-22-24-64-40)34-26-48-42(50-34)36-10-8-18-54(36)44(56)38(28(3)4)52-46(58)60-6/h11-16,25-28,35-38H,7-10,17-24H2,1-6H3,(H,47,49)(H,48,50)(H,51,57)(H,52,58)/t35-,36-,37-,38-/m0/s1. The van der Waals surface area contributed by atoms with Crippen LogP contribution in [0.4, 0.5) is 9.59 Å². The Bertz CT molecular complexity index is 2240. The molecule has 3 aliphatic rings. The van der Waals surface area contributed by atoms with E-state index in [0.29, 0.717) is 74.8 Å². The number of carbonyl (C=O) groups excluding carboxylic acids is 4. The highest BCUT2D eigenvalue weighted by atomic mass is 16.6. The van der Waals surface area contributed by atoms with Crippen molar-refractivity contribution < 1.29 is 47.6 Å². The summed E-state index contributed by atoms with van der Waals surface area (Å²) in [5.41, 5.74) is 4.80. The van der Waals surface area contributed by atoms with Crippen LogP contribution in [0.1, 0.15) is 77.1 Å². The Balaban J connectivity index is 1.15. The molecular formula is C46H60N8O10. The SMILES string of the molecule is COC(=O)N[C@H](C(=O)N1CCC[C@H]1c1ncc(-c2ccc(-c3ccc(-c4cnc([C@@H]5CCCN5C(=O)[C@@H](NC(=O)OC)C(C)C)[nH]4)c4c3OCCOCCOCCO4)cc2)[nH]1)C(C)C. The Morgan fingerprint density at radius 1 is 0.625 bits per heavy atom. The van der Waals surface area contributed by atoms with Gasteiger partial charge in [-0.15, -0.1) is 0 Å². The van der Waals surface area contributed by atoms with Crippen LogP contribution in [0, 0.1) is 11.8 Å². The van der Waals surface area contributed by atoms with E-state index in [2.05, 4.69) is 20.6 Å². The number of carbonyl (C=O) groups is 4. The van der Waals surface area contributed by atoms with Crippen LogP contribution in [0.2, 0.25) is 0 Å². The highest BCUT2D eigenvalue weighted by molar-refractivity contribution is 5.87. The van der Waals surface area contributed by atoms with Gasteiger partial charge >= 0.3 is 12.2 Å². The highest BCUT2D eigenvalue weighted by Gasteiger charge is 2.39. The number of nitrogens with zero attached hydrogens (tertiary/aromatic N) is 4. The summed E-state index contributed by atoms with van der Waals surface area (Å²) < 4.78 is 34.2. The normalized spacial score (nSPS) is 19.1. The van der Waals surface area contributed by atoms with Gasteiger partial charge < -0.3 is 58.8 Å². The Kier molecular flexibility index (Phi) is 15.1. The fourth-order valence-electron chi connectivity index (χ4n) is 8.53. The second-order valence-corrected chi connectivity index (χ2v) is 16.8. The number of benzene rings is 2. The van der Waals surface area contributed by atoms with E-state index in [0.717, 1.165) is 47.2 Å². The van der Waals surface area contributed by atoms with E-state index in [1.165, 1.54) is 14.2 Å². The maximum atomic E-state index is 13.8. The van der Waals surface area contributed by atoms with Gasteiger partial charge in [-0.2, -0.15) is 0 Å². The molecule has 0 radical (unpaired) electrons. The van der Waals surface area contributed by atoms with E-state index in [-0.39, 0.29) is 48.9 Å². The van der Waals surface area contributed by atoms with Gasteiger partial charge in [-0.1, -0.05) is 52.0 Å². The van der Waals surface area contributed by atoms with Crippen LogP contribution in [0.3, 0.4) is 0 Å². The molecule has 4 amide bonds. The fraction of sp³-hybridized carbons (Fsp3) is 0.522. The lowest BCUT2D eigenvalue weighted by Gasteiger charge is -2.30. The molecule has 2 fully saturated rings. The Morgan fingerprint density at radius 3 is 1.56 bits per heavy atom. The quantitative estimate of drug-likeness (QED) is 0.136. The van der Waals surface area contributed by atoms with Crippen LogP contribution in [-0.4, -0.2) is 133 Å². The van der Waals surface area contributed by atoms with Crippen LogP contribution < -0.4 is 20.1 Å². The first-order chi connectivity index (χ1) is 31.0. The minimum atomic E-state index is -0.749. The van der Waals surface area contributed by atoms with Gasteiger partial charge in [0.25, 0.3) is 0 Å². The van der Waals surface area contributed by atoms with E-state index in [9.17, 15) is 19.2 Å². The maximum Gasteiger partial charge on any atom is 0.407 e. The predicted octanol–water partition coefficient (Wildman–Crippen LogP) is 6.03. The van der Waals surface area contributed by atoms with Gasteiger partial charge in [-0.25, -0.2) is 19.6 Å². The molecule has 4 N–H and O–H groups in total. The number of fused-ring (bicyclic) bond motifs is 1. The summed E-state index contributed by atoms with van der Waals surface area (Å²) in [6.07, 6.45) is 5.28. The molecule has 2 aromatic carbocycles. The van der Waals surface area contributed by atoms with E-state index in [4.69, 9.17) is 38.4 Å². The number of imidazole rings is 2. The highest BCUT2D eigenvalue weighted by Crippen LogP contribution is 2.46. The number of ether oxygens (including phenoxy) is 6. The second-order valence-electron chi connectivity index (χ2n) is 16.8. The zero-order chi connectivity index (χ0) is 45.3. The minimum Gasteiger partial charge on any atom is -0.487 e. The van der Waals surface area contributed by atoms with Gasteiger partial charge in [-0.05, 0) is 60.8 Å². The molecule has 0 aliphatic carbocycles. The van der Waals surface area contributed by atoms with E-state index >= 15 is 0 Å². The molecule has 0 bridgehead atoms. The number of aromatic amines is 2. The van der Waals surface area contributed by atoms with Gasteiger partial charge in [0.05, 0.1) is 76.5 Å². The number of methoxy groups -OCH3 is 2. The first-order valence-electron chi connectivity index (χ1n) is 22.1. The Morgan fingerprint density at radius 2 is 1.06 bits per heavy atom. The van der Waals surface area contributed by atoms with Crippen molar-refractivity contribution in [2.75, 3.05) is 67.0 Å². The fourth-order valence-corrected chi connectivity index (χ4v) is 8.53. The first-order valence-corrected chi connectivity index (χ1v) is 22.1. The molecule has 4 aromatic rings. The summed E-state index contributed by atoms with van der Waals surface area (Å²) in [5, 5.41) is 5.41. The van der Waals surface area contributed by atoms with Crippen molar-refractivity contribution in [2.24, 2.45) is 11.8 Å². The van der Waals surface area contributed by atoms with Crippen LogP contribution in [0.15, 0.2) is 48.8 Å². The van der Waals surface area contributed by atoms with E-state index in [1.54, 1.807) is 22.2 Å². The second kappa shape index (κ2) is 21.0. The lowest BCUT2D eigenvalue weighted by atomic mass is 9.98. The summed E-state index contributed by atoms with van der Waals surface area (Å²) in [5.74, 6) is 1.71. The number of likely N-dealkylation sites (tertiary alicyclic amines) is 2. The molecule has 7 rings (SSSR count). The van der Waals surface area contributed by atoms with Crippen LogP contribution >= 0.6 is 0 Å². The molecular weight excluding hydrogens is 825 g/mol. The number of hydrogen-bond acceptors (Lipinski definition) is 12. The lowest BCUT2D eigenvalue weighted by Crippen LogP contribution is -2.51. The molecule has 0 unspecified atom stereocenters. The summed E-state index contributed by atoms with van der Waals surface area (Å²) in [4.78, 5) is 71.7. The third kappa shape index (κ3) is 10.3. The Labute approximate surface area is 373 Å². The smallest absolute Gasteiger partial charge is 0.407 e. The predicted molar refractivity (Wildman–Crippen MR) is 235 cm³/mol. The monoisotopic (exact) mass is 884 g/mol. The summed E-state index contributed by atoms with van der Waals surface area (Å²) in [7, 11) is 2.56. The van der Waals surface area contributed by atoms with Crippen molar-refractivity contribution >= 4 is 24.0 Å². The van der Waals surface area contributed by atoms with Crippen molar-refractivity contribution in [1.29, 1.82) is 0 Å². The van der Waals surface area contributed by atoms with E-state index < -0.39 is 24.3 Å². The largest absolute Gasteiger partial charge is 0.487 e. The van der Waals surface area contributed by atoms with Gasteiger partial charge in [0, 0.05) is 24.2 Å². The molecule has 2 saturated heterocycles. The van der Waals surface area contributed by atoms with Crippen molar-refractivity contribution in [3.8, 4) is 45.1 Å². The number of aromatic nitrogens is 4. The van der Waals surface area contributed by atoms with Crippen molar-refractivity contribution in [3.63, 3.8) is 0 Å². The van der Waals surface area contributed by atoms with Crippen LogP contribution in [0.25, 0.3) is 33.6 Å². The number of nitrogens with one attached hydrogen (secondary N) is 4. The molecule has 0 spiro atoms. The average molecular weight is 885 g/mol. The topological polar surface area (TPSA) is 212 Å². The zero-order valence-electron chi connectivity index (χ0n) is 37.4. The number of H-pyrrole nitrogens is 2. The first kappa shape index (κ1) is 45.9. The number of amides is 4. The molecule has 18 heteroatoms. The molecule has 4 atom stereocenters. The van der Waals surface area contributed by atoms with Crippen molar-refractivity contribution in [3.05, 3.63) is 60.4 Å². The number of alkyl carbamates (subject to hydrolysis) is 2. The molecule has 18 nitrogen and oxygen atoms in total. The van der Waals surface area contributed by atoms with Gasteiger partial charge in [0.15, 0.2) is 11.5 Å². The third-order valence-electron chi connectivity index (χ3n) is 11.9. The van der Waals surface area contributed by atoms with Crippen LogP contribution in [0.5, 0.6) is 11.5 Å². The van der Waals surface area contributed by atoms with Gasteiger partial charge in [0.2, 0.25) is 11.8 Å². The van der Waals surface area contributed by atoms with Gasteiger partial charge in [-0.3, -0.25) is 9.59 Å². The molecule has 5 heterocycles. The molecule has 2 aromatic heterocycles. The van der Waals surface area contributed by atoms with Crippen molar-refractivity contribution in [2.45, 2.75) is 77.5 Å². The molecule has 3 aliphatic heterocycles. The molecule has 344 valence electrons. The summed E-state index contributed by atoms with van der Waals surface area (Å²) in [6.45, 7) is 10.7. The summed E-state index contributed by atoms with van der Waals surface area (Å²) >= 11 is 0. The molecule has 0 saturated carbocycles. The van der Waals surface area contributed by atoms with Crippen LogP contribution in [-0.2, 0) is 28.5 Å². The average Bonchev–Trinajstić information content (AvgIpc) is 4.14. The van der Waals surface area contributed by atoms with Crippen molar-refractivity contribution in [1.82, 2.24) is 40.4 Å². The zero-order valence-corrected chi connectivity index (χ0v) is 37.4. The Hall–Kier alpha value is -6.14. The number of hydrogen-bond donors (Lipinski definition) is 4. The summed E-state index contributed by atoms with van der Waals surface area (Å²) in [6, 6.07) is 9.96. The third-order valence-corrected chi connectivity index (χ3v) is 11.9. The van der Waals surface area contributed by atoms with Gasteiger partial charge in [0.1, 0.15) is 36.9 Å². The maximum absolute atomic E-state index is 13.8. The minimum absolute atomic E-state index is 0.135.